The SMILES string of the molecule is Cc1ccc(N2c3ccc(C)cc3B3c4cc(-c5ccc6ccccc6c5)ccc4Oc4cccc2c43)cc1. The van der Waals surface area contributed by atoms with Crippen LogP contribution in [-0.4, -0.2) is 6.71 Å². The van der Waals surface area contributed by atoms with Gasteiger partial charge in [-0.2, -0.15) is 0 Å². The normalized spacial score (nSPS) is 13.0. The van der Waals surface area contributed by atoms with Gasteiger partial charge in [-0.1, -0.05) is 90.0 Å². The Bertz CT molecular complexity index is 1920. The van der Waals surface area contributed by atoms with E-state index < -0.39 is 0 Å². The van der Waals surface area contributed by atoms with Crippen LogP contribution in [0.2, 0.25) is 0 Å². The summed E-state index contributed by atoms with van der Waals surface area (Å²) in [5, 5.41) is 2.51. The molecule has 0 aliphatic carbocycles. The number of anilines is 3. The van der Waals surface area contributed by atoms with Gasteiger partial charge in [0.2, 0.25) is 0 Å². The lowest BCUT2D eigenvalue weighted by Crippen LogP contribution is -2.59. The maximum Gasteiger partial charge on any atom is 0.256 e. The molecule has 0 bridgehead atoms. The van der Waals surface area contributed by atoms with Crippen molar-refractivity contribution in [3.8, 4) is 22.6 Å². The molecular formula is C36H26BNO. The molecule has 0 aromatic heterocycles. The Morgan fingerprint density at radius 3 is 2.18 bits per heavy atom. The molecule has 39 heavy (non-hydrogen) atoms. The van der Waals surface area contributed by atoms with Crippen molar-refractivity contribution in [2.24, 2.45) is 0 Å². The van der Waals surface area contributed by atoms with Crippen molar-refractivity contribution in [2.75, 3.05) is 4.90 Å². The Labute approximate surface area is 229 Å². The van der Waals surface area contributed by atoms with Crippen LogP contribution in [0.25, 0.3) is 21.9 Å². The van der Waals surface area contributed by atoms with Crippen molar-refractivity contribution in [2.45, 2.75) is 13.8 Å². The fraction of sp³-hybridized carbons (Fsp3) is 0.0556. The first kappa shape index (κ1) is 22.2. The number of benzene rings is 6. The van der Waals surface area contributed by atoms with Crippen LogP contribution in [0.3, 0.4) is 0 Å². The van der Waals surface area contributed by atoms with Crippen LogP contribution in [0.5, 0.6) is 11.5 Å². The summed E-state index contributed by atoms with van der Waals surface area (Å²) in [7, 11) is 0. The van der Waals surface area contributed by atoms with E-state index in [1.165, 1.54) is 60.8 Å². The lowest BCUT2D eigenvalue weighted by atomic mass is 9.34. The van der Waals surface area contributed by atoms with E-state index in [1.807, 2.05) is 0 Å². The first-order valence-corrected chi connectivity index (χ1v) is 13.6. The maximum absolute atomic E-state index is 6.61. The fourth-order valence-corrected chi connectivity index (χ4v) is 6.33. The van der Waals surface area contributed by atoms with Crippen molar-refractivity contribution in [3.63, 3.8) is 0 Å². The summed E-state index contributed by atoms with van der Waals surface area (Å²) in [6.45, 7) is 4.41. The molecule has 0 N–H and O–H groups in total. The quantitative estimate of drug-likeness (QED) is 0.228. The zero-order valence-electron chi connectivity index (χ0n) is 22.0. The van der Waals surface area contributed by atoms with Crippen LogP contribution in [-0.2, 0) is 0 Å². The predicted octanol–water partition coefficient (Wildman–Crippen LogP) is 7.53. The van der Waals surface area contributed by atoms with Crippen LogP contribution in [0.4, 0.5) is 17.1 Å². The third-order valence-corrected chi connectivity index (χ3v) is 8.22. The van der Waals surface area contributed by atoms with Crippen LogP contribution in [0, 0.1) is 13.8 Å². The average Bonchev–Trinajstić information content (AvgIpc) is 2.97. The van der Waals surface area contributed by atoms with E-state index in [1.54, 1.807) is 0 Å². The molecule has 2 nitrogen and oxygen atoms in total. The lowest BCUT2D eigenvalue weighted by molar-refractivity contribution is 0.487. The molecule has 8 rings (SSSR count). The monoisotopic (exact) mass is 499 g/mol. The molecule has 0 fully saturated rings. The molecule has 184 valence electrons. The molecule has 2 heterocycles. The molecular weight excluding hydrogens is 473 g/mol. The molecule has 0 amide bonds. The highest BCUT2D eigenvalue weighted by atomic mass is 16.5. The van der Waals surface area contributed by atoms with E-state index in [-0.39, 0.29) is 6.71 Å². The second-order valence-corrected chi connectivity index (χ2v) is 10.8. The van der Waals surface area contributed by atoms with Gasteiger partial charge in [-0.25, -0.2) is 0 Å². The molecule has 0 atom stereocenters. The van der Waals surface area contributed by atoms with Crippen molar-refractivity contribution < 1.29 is 4.74 Å². The smallest absolute Gasteiger partial charge is 0.256 e. The van der Waals surface area contributed by atoms with E-state index >= 15 is 0 Å². The minimum Gasteiger partial charge on any atom is -0.458 e. The summed E-state index contributed by atoms with van der Waals surface area (Å²) in [5.74, 6) is 1.87. The minimum atomic E-state index is 0.0944. The Morgan fingerprint density at radius 1 is 0.538 bits per heavy atom. The van der Waals surface area contributed by atoms with E-state index in [0.29, 0.717) is 0 Å². The molecule has 2 aliphatic rings. The van der Waals surface area contributed by atoms with Crippen molar-refractivity contribution >= 4 is 50.9 Å². The van der Waals surface area contributed by atoms with Crippen LogP contribution in [0.15, 0.2) is 121 Å². The van der Waals surface area contributed by atoms with Gasteiger partial charge in [0.1, 0.15) is 11.5 Å². The van der Waals surface area contributed by atoms with Gasteiger partial charge in [-0.05, 0) is 94.6 Å². The zero-order valence-corrected chi connectivity index (χ0v) is 22.0. The van der Waals surface area contributed by atoms with E-state index in [9.17, 15) is 0 Å². The van der Waals surface area contributed by atoms with Crippen molar-refractivity contribution in [3.05, 3.63) is 132 Å². The van der Waals surface area contributed by atoms with Crippen molar-refractivity contribution in [1.29, 1.82) is 0 Å². The third kappa shape index (κ3) is 3.43. The van der Waals surface area contributed by atoms with Gasteiger partial charge in [0.05, 0.1) is 0 Å². The number of hydrogen-bond donors (Lipinski definition) is 0. The van der Waals surface area contributed by atoms with Gasteiger partial charge >= 0.3 is 0 Å². The molecule has 3 heteroatoms. The summed E-state index contributed by atoms with van der Waals surface area (Å²) in [6, 6.07) is 44.1. The molecule has 6 aromatic rings. The summed E-state index contributed by atoms with van der Waals surface area (Å²) >= 11 is 0. The van der Waals surface area contributed by atoms with Gasteiger partial charge in [-0.3, -0.25) is 0 Å². The molecule has 0 spiro atoms. The number of aryl methyl sites for hydroxylation is 2. The number of rotatable bonds is 2. The highest BCUT2D eigenvalue weighted by Gasteiger charge is 2.41. The molecule has 0 radical (unpaired) electrons. The molecule has 6 aromatic carbocycles. The summed E-state index contributed by atoms with van der Waals surface area (Å²) in [4.78, 5) is 2.39. The maximum atomic E-state index is 6.61. The van der Waals surface area contributed by atoms with Gasteiger partial charge < -0.3 is 9.64 Å². The number of hydrogen-bond acceptors (Lipinski definition) is 2. The van der Waals surface area contributed by atoms with Crippen LogP contribution in [0.1, 0.15) is 11.1 Å². The average molecular weight is 499 g/mol. The lowest BCUT2D eigenvalue weighted by Gasteiger charge is -2.40. The first-order valence-electron chi connectivity index (χ1n) is 13.6. The van der Waals surface area contributed by atoms with Gasteiger partial charge in [0, 0.05) is 17.1 Å². The van der Waals surface area contributed by atoms with Crippen molar-refractivity contribution in [1.82, 2.24) is 0 Å². The van der Waals surface area contributed by atoms with Gasteiger partial charge in [-0.15, -0.1) is 0 Å². The number of ether oxygens (including phenoxy) is 1. The molecule has 0 saturated carbocycles. The van der Waals surface area contributed by atoms with Crippen LogP contribution >= 0.6 is 0 Å². The first-order chi connectivity index (χ1) is 19.1. The van der Waals surface area contributed by atoms with Crippen LogP contribution < -0.4 is 26.0 Å². The highest BCUT2D eigenvalue weighted by molar-refractivity contribution is 6.99. The second-order valence-electron chi connectivity index (χ2n) is 10.8. The topological polar surface area (TPSA) is 12.5 Å². The molecule has 2 aliphatic heterocycles. The Morgan fingerprint density at radius 2 is 1.31 bits per heavy atom. The third-order valence-electron chi connectivity index (χ3n) is 8.22. The Balaban J connectivity index is 1.35. The largest absolute Gasteiger partial charge is 0.458 e. The fourth-order valence-electron chi connectivity index (χ4n) is 6.33. The summed E-state index contributed by atoms with van der Waals surface area (Å²) in [6.07, 6.45) is 0. The van der Waals surface area contributed by atoms with Gasteiger partial charge in [0.15, 0.2) is 0 Å². The number of fused-ring (bicyclic) bond motifs is 5. The van der Waals surface area contributed by atoms with E-state index in [4.69, 9.17) is 4.74 Å². The molecule has 0 saturated heterocycles. The Hall–Kier alpha value is -4.76. The number of nitrogens with zero attached hydrogens (tertiary/aromatic N) is 1. The predicted molar refractivity (Wildman–Crippen MR) is 165 cm³/mol. The highest BCUT2D eigenvalue weighted by Crippen LogP contribution is 2.41. The van der Waals surface area contributed by atoms with E-state index in [2.05, 4.69) is 140 Å². The second kappa shape index (κ2) is 8.37. The minimum absolute atomic E-state index is 0.0944. The summed E-state index contributed by atoms with van der Waals surface area (Å²) in [5.41, 5.74) is 12.3. The standard InChI is InChI=1S/C36H26BNO/c1-23-10-16-29(17-11-23)38-32-18-12-24(2)20-30(32)37-31-22-28(27-14-13-25-6-3-4-7-26(25)21-27)15-19-34(31)39-35-9-5-8-33(38)36(35)37/h3-22H,1-2H3. The van der Waals surface area contributed by atoms with E-state index in [0.717, 1.165) is 17.2 Å². The Kier molecular flexibility index (Phi) is 4.78. The summed E-state index contributed by atoms with van der Waals surface area (Å²) < 4.78 is 6.61. The van der Waals surface area contributed by atoms with Gasteiger partial charge in [0.25, 0.3) is 6.71 Å². The molecule has 0 unspecified atom stereocenters. The zero-order chi connectivity index (χ0) is 26.1.